The van der Waals surface area contributed by atoms with Gasteiger partial charge in [-0.05, 0) is 24.4 Å². The highest BCUT2D eigenvalue weighted by molar-refractivity contribution is 7.13. The number of aryl methyl sites for hydroxylation is 1. The Morgan fingerprint density at radius 2 is 2.00 bits per heavy atom. The predicted octanol–water partition coefficient (Wildman–Crippen LogP) is 2.37. The van der Waals surface area contributed by atoms with Gasteiger partial charge in [-0.2, -0.15) is 13.2 Å². The molecule has 6 nitrogen and oxygen atoms in total. The number of thiophene rings is 1. The molecule has 0 amide bonds. The van der Waals surface area contributed by atoms with E-state index in [-0.39, 0.29) is 11.3 Å². The Bertz CT molecular complexity index is 1010. The van der Waals surface area contributed by atoms with Crippen molar-refractivity contribution >= 4 is 11.3 Å². The highest BCUT2D eigenvalue weighted by atomic mass is 32.1. The van der Waals surface area contributed by atoms with Gasteiger partial charge in [0.1, 0.15) is 0 Å². The summed E-state index contributed by atoms with van der Waals surface area (Å²) in [6.45, 7) is 1.42. The first kappa shape index (κ1) is 16.1. The van der Waals surface area contributed by atoms with E-state index in [1.807, 2.05) is 4.98 Å². The topological polar surface area (TPSA) is 80.6 Å². The molecule has 124 valence electrons. The molecule has 3 heterocycles. The maximum atomic E-state index is 13.1. The van der Waals surface area contributed by atoms with Gasteiger partial charge in [-0.1, -0.05) is 6.07 Å². The Balaban J connectivity index is 2.29. The minimum absolute atomic E-state index is 0.0399. The molecule has 10 heteroatoms. The fraction of sp³-hybridized carbons (Fsp3) is 0.143. The molecular formula is C14H9F3N4O2S. The molecule has 0 spiro atoms. The third kappa shape index (κ3) is 3.00. The van der Waals surface area contributed by atoms with Gasteiger partial charge in [0.15, 0.2) is 5.69 Å². The molecule has 0 bridgehead atoms. The average molecular weight is 354 g/mol. The van der Waals surface area contributed by atoms with E-state index in [1.54, 1.807) is 17.5 Å². The van der Waals surface area contributed by atoms with Gasteiger partial charge in [-0.25, -0.2) is 19.3 Å². The van der Waals surface area contributed by atoms with Crippen LogP contribution in [0.2, 0.25) is 0 Å². The number of halogens is 3. The zero-order chi connectivity index (χ0) is 17.5. The minimum Gasteiger partial charge on any atom is -0.273 e. The van der Waals surface area contributed by atoms with Crippen LogP contribution in [0.3, 0.4) is 0 Å². The summed E-state index contributed by atoms with van der Waals surface area (Å²) in [5.41, 5.74) is -2.53. The summed E-state index contributed by atoms with van der Waals surface area (Å²) >= 11 is 1.21. The Morgan fingerprint density at radius 3 is 2.62 bits per heavy atom. The maximum absolute atomic E-state index is 13.1. The lowest BCUT2D eigenvalue weighted by atomic mass is 10.2. The SMILES string of the molecule is Cc1cn(-c2nc(-c3cccs3)cc(C(F)(F)F)n2)c(=O)[nH]c1=O. The van der Waals surface area contributed by atoms with Crippen LogP contribution in [0.1, 0.15) is 11.3 Å². The summed E-state index contributed by atoms with van der Waals surface area (Å²) in [4.78, 5) is 33.3. The molecule has 1 N–H and O–H groups in total. The highest BCUT2D eigenvalue weighted by Gasteiger charge is 2.34. The molecule has 0 radical (unpaired) electrons. The Morgan fingerprint density at radius 1 is 1.25 bits per heavy atom. The van der Waals surface area contributed by atoms with E-state index in [1.165, 1.54) is 18.3 Å². The molecule has 0 saturated heterocycles. The number of nitrogens with zero attached hydrogens (tertiary/aromatic N) is 3. The van der Waals surface area contributed by atoms with E-state index < -0.39 is 29.1 Å². The average Bonchev–Trinajstić information content (AvgIpc) is 3.04. The van der Waals surface area contributed by atoms with Crippen LogP contribution < -0.4 is 11.2 Å². The van der Waals surface area contributed by atoms with E-state index >= 15 is 0 Å². The van der Waals surface area contributed by atoms with Crippen molar-refractivity contribution < 1.29 is 13.2 Å². The molecule has 0 saturated carbocycles. The van der Waals surface area contributed by atoms with Crippen LogP contribution in [0.5, 0.6) is 0 Å². The molecule has 3 aromatic rings. The van der Waals surface area contributed by atoms with Crippen molar-refractivity contribution in [2.45, 2.75) is 13.1 Å². The lowest BCUT2D eigenvalue weighted by molar-refractivity contribution is -0.141. The molecule has 0 aliphatic carbocycles. The number of aromatic nitrogens is 4. The van der Waals surface area contributed by atoms with E-state index in [0.29, 0.717) is 4.88 Å². The second kappa shape index (κ2) is 5.71. The fourth-order valence-electron chi connectivity index (χ4n) is 1.95. The molecule has 3 rings (SSSR count). The van der Waals surface area contributed by atoms with Gasteiger partial charge < -0.3 is 0 Å². The fourth-order valence-corrected chi connectivity index (χ4v) is 2.64. The van der Waals surface area contributed by atoms with Crippen LogP contribution in [0, 0.1) is 6.92 Å². The van der Waals surface area contributed by atoms with Gasteiger partial charge >= 0.3 is 11.9 Å². The first-order valence-corrected chi connectivity index (χ1v) is 7.47. The van der Waals surface area contributed by atoms with Gasteiger partial charge in [0, 0.05) is 11.8 Å². The van der Waals surface area contributed by atoms with Crippen LogP contribution in [-0.4, -0.2) is 19.5 Å². The number of aromatic amines is 1. The first-order valence-electron chi connectivity index (χ1n) is 6.59. The van der Waals surface area contributed by atoms with Crippen LogP contribution in [-0.2, 0) is 6.18 Å². The molecule has 0 aromatic carbocycles. The third-order valence-corrected chi connectivity index (χ3v) is 4.01. The van der Waals surface area contributed by atoms with E-state index in [4.69, 9.17) is 0 Å². The molecule has 0 unspecified atom stereocenters. The molecule has 0 fully saturated rings. The van der Waals surface area contributed by atoms with Crippen LogP contribution in [0.15, 0.2) is 39.4 Å². The van der Waals surface area contributed by atoms with Gasteiger partial charge in [-0.3, -0.25) is 9.78 Å². The maximum Gasteiger partial charge on any atom is 0.433 e. The number of hydrogen-bond acceptors (Lipinski definition) is 5. The van der Waals surface area contributed by atoms with Gasteiger partial charge in [-0.15, -0.1) is 11.3 Å². The smallest absolute Gasteiger partial charge is 0.273 e. The van der Waals surface area contributed by atoms with Crippen LogP contribution >= 0.6 is 11.3 Å². The zero-order valence-electron chi connectivity index (χ0n) is 12.1. The van der Waals surface area contributed by atoms with E-state index in [2.05, 4.69) is 9.97 Å². The van der Waals surface area contributed by atoms with Crippen molar-refractivity contribution in [3.05, 3.63) is 61.9 Å². The lowest BCUT2D eigenvalue weighted by Gasteiger charge is -2.11. The largest absolute Gasteiger partial charge is 0.433 e. The van der Waals surface area contributed by atoms with Crippen molar-refractivity contribution in [3.63, 3.8) is 0 Å². The quantitative estimate of drug-likeness (QED) is 0.766. The Kier molecular flexibility index (Phi) is 3.84. The number of hydrogen-bond donors (Lipinski definition) is 1. The normalized spacial score (nSPS) is 11.7. The van der Waals surface area contributed by atoms with Gasteiger partial charge in [0.05, 0.1) is 10.6 Å². The molecule has 24 heavy (non-hydrogen) atoms. The molecule has 0 aliphatic heterocycles. The Hall–Kier alpha value is -2.75. The zero-order valence-corrected chi connectivity index (χ0v) is 12.9. The standard InChI is InChI=1S/C14H9F3N4O2S/c1-7-6-21(13(23)20-11(7)22)12-18-8(9-3-2-4-24-9)5-10(19-12)14(15,16)17/h2-6H,1H3,(H,20,22,23). The van der Waals surface area contributed by atoms with Crippen LogP contribution in [0.4, 0.5) is 13.2 Å². The predicted molar refractivity (Wildman–Crippen MR) is 81.3 cm³/mol. The number of H-pyrrole nitrogens is 1. The summed E-state index contributed by atoms with van der Waals surface area (Å²) < 4.78 is 40.1. The summed E-state index contributed by atoms with van der Waals surface area (Å²) in [6, 6.07) is 4.10. The summed E-state index contributed by atoms with van der Waals surface area (Å²) in [7, 11) is 0. The monoisotopic (exact) mass is 354 g/mol. The molecule has 0 atom stereocenters. The number of rotatable bonds is 2. The number of alkyl halides is 3. The summed E-state index contributed by atoms with van der Waals surface area (Å²) in [5, 5.41) is 1.70. The van der Waals surface area contributed by atoms with Crippen molar-refractivity contribution in [2.24, 2.45) is 0 Å². The van der Waals surface area contributed by atoms with Crippen molar-refractivity contribution in [1.82, 2.24) is 19.5 Å². The van der Waals surface area contributed by atoms with Gasteiger partial charge in [0.2, 0.25) is 5.95 Å². The van der Waals surface area contributed by atoms with E-state index in [9.17, 15) is 22.8 Å². The summed E-state index contributed by atoms with van der Waals surface area (Å²) in [6.07, 6.45) is -3.60. The van der Waals surface area contributed by atoms with E-state index in [0.717, 1.165) is 16.8 Å². The lowest BCUT2D eigenvalue weighted by Crippen LogP contribution is -2.31. The minimum atomic E-state index is -4.70. The summed E-state index contributed by atoms with van der Waals surface area (Å²) in [5.74, 6) is -0.461. The van der Waals surface area contributed by atoms with Crippen molar-refractivity contribution in [1.29, 1.82) is 0 Å². The second-order valence-corrected chi connectivity index (χ2v) is 5.80. The number of nitrogens with one attached hydrogen (secondary N) is 1. The molecular weight excluding hydrogens is 345 g/mol. The van der Waals surface area contributed by atoms with Gasteiger partial charge in [0.25, 0.3) is 5.56 Å². The van der Waals surface area contributed by atoms with Crippen LogP contribution in [0.25, 0.3) is 16.5 Å². The highest BCUT2D eigenvalue weighted by Crippen LogP contribution is 2.31. The van der Waals surface area contributed by atoms with Crippen molar-refractivity contribution in [2.75, 3.05) is 0 Å². The van der Waals surface area contributed by atoms with Crippen molar-refractivity contribution in [3.8, 4) is 16.5 Å². The first-order chi connectivity index (χ1) is 11.3. The Labute approximate surface area is 136 Å². The molecule has 0 aliphatic rings. The third-order valence-electron chi connectivity index (χ3n) is 3.11. The molecule has 3 aromatic heterocycles. The second-order valence-electron chi connectivity index (χ2n) is 4.85.